The zero-order valence-electron chi connectivity index (χ0n) is 16.7. The maximum Gasteiger partial charge on any atom is 0.226 e. The number of carbonyl (C=O) groups excluding carboxylic acids is 2. The van der Waals surface area contributed by atoms with Crippen molar-refractivity contribution in [2.45, 2.75) is 25.2 Å². The number of nitrogens with zero attached hydrogens (tertiary/aromatic N) is 1. The molecule has 1 aliphatic carbocycles. The fourth-order valence-corrected chi connectivity index (χ4v) is 4.89. The molecule has 0 N–H and O–H groups in total. The first-order valence-corrected chi connectivity index (χ1v) is 11.0. The van der Waals surface area contributed by atoms with Gasteiger partial charge < -0.3 is 14.4 Å². The minimum absolute atomic E-state index is 0.0231. The van der Waals surface area contributed by atoms with Crippen molar-refractivity contribution in [3.63, 3.8) is 0 Å². The average molecular weight is 426 g/mol. The van der Waals surface area contributed by atoms with Gasteiger partial charge in [-0.25, -0.2) is 0 Å². The molecule has 30 heavy (non-hydrogen) atoms. The van der Waals surface area contributed by atoms with Crippen molar-refractivity contribution in [1.82, 2.24) is 4.90 Å². The van der Waals surface area contributed by atoms with E-state index in [1.165, 1.54) is 0 Å². The highest BCUT2D eigenvalue weighted by molar-refractivity contribution is 6.31. The van der Waals surface area contributed by atoms with Crippen LogP contribution in [0, 0.1) is 11.8 Å². The molecule has 0 aromatic heterocycles. The second-order valence-corrected chi connectivity index (χ2v) is 8.70. The summed E-state index contributed by atoms with van der Waals surface area (Å²) in [5.74, 6) is 1.84. The molecular weight excluding hydrogens is 402 g/mol. The summed E-state index contributed by atoms with van der Waals surface area (Å²) in [5, 5.41) is 0.738. The van der Waals surface area contributed by atoms with Crippen molar-refractivity contribution in [2.24, 2.45) is 11.8 Å². The Balaban J connectivity index is 1.18. The molecule has 2 aliphatic heterocycles. The van der Waals surface area contributed by atoms with Crippen LogP contribution in [0.25, 0.3) is 0 Å². The van der Waals surface area contributed by atoms with Gasteiger partial charge in [0.25, 0.3) is 0 Å². The Morgan fingerprint density at radius 1 is 0.967 bits per heavy atom. The number of ketones is 1. The van der Waals surface area contributed by atoms with E-state index >= 15 is 0 Å². The van der Waals surface area contributed by atoms with Crippen molar-refractivity contribution in [1.29, 1.82) is 0 Å². The van der Waals surface area contributed by atoms with E-state index < -0.39 is 0 Å². The summed E-state index contributed by atoms with van der Waals surface area (Å²) in [6.45, 7) is 2.30. The smallest absolute Gasteiger partial charge is 0.226 e. The summed E-state index contributed by atoms with van der Waals surface area (Å²) in [6.07, 6.45) is 2.25. The van der Waals surface area contributed by atoms with Gasteiger partial charge in [-0.3, -0.25) is 9.59 Å². The maximum atomic E-state index is 13.0. The highest BCUT2D eigenvalue weighted by Gasteiger charge is 2.47. The molecule has 2 heterocycles. The Labute approximate surface area is 180 Å². The van der Waals surface area contributed by atoms with E-state index in [-0.39, 0.29) is 29.4 Å². The molecule has 6 heteroatoms. The molecule has 1 saturated carbocycles. The number of Topliss-reactive ketones (excluding diaryl/α,β-unsaturated/α-hetero) is 1. The summed E-state index contributed by atoms with van der Waals surface area (Å²) >= 11 is 6.29. The first-order valence-electron chi connectivity index (χ1n) is 10.6. The largest absolute Gasteiger partial charge is 0.486 e. The van der Waals surface area contributed by atoms with Gasteiger partial charge in [-0.05, 0) is 55.0 Å². The molecule has 0 spiro atoms. The summed E-state index contributed by atoms with van der Waals surface area (Å²) in [4.78, 5) is 27.8. The molecule has 2 fully saturated rings. The Kier molecular flexibility index (Phi) is 5.15. The third kappa shape index (κ3) is 3.67. The van der Waals surface area contributed by atoms with Gasteiger partial charge >= 0.3 is 0 Å². The molecule has 2 unspecified atom stereocenters. The zero-order chi connectivity index (χ0) is 20.7. The number of fused-ring (bicyclic) bond motifs is 1. The van der Waals surface area contributed by atoms with Crippen LogP contribution < -0.4 is 9.47 Å². The van der Waals surface area contributed by atoms with E-state index in [0.717, 1.165) is 17.0 Å². The normalized spacial score (nSPS) is 23.2. The molecule has 1 saturated heterocycles. The zero-order valence-corrected chi connectivity index (χ0v) is 17.4. The number of carbonyl (C=O) groups is 2. The summed E-state index contributed by atoms with van der Waals surface area (Å²) in [6, 6.07) is 13.2. The van der Waals surface area contributed by atoms with Gasteiger partial charge in [0, 0.05) is 35.5 Å². The van der Waals surface area contributed by atoms with Crippen molar-refractivity contribution in [2.75, 3.05) is 26.3 Å². The van der Waals surface area contributed by atoms with Crippen LogP contribution in [0.1, 0.15) is 41.1 Å². The fraction of sp³-hybridized carbons (Fsp3) is 0.417. The van der Waals surface area contributed by atoms with Gasteiger partial charge in [-0.1, -0.05) is 29.8 Å². The van der Waals surface area contributed by atoms with Crippen LogP contribution in [0.15, 0.2) is 42.5 Å². The van der Waals surface area contributed by atoms with Crippen molar-refractivity contribution < 1.29 is 19.1 Å². The van der Waals surface area contributed by atoms with Gasteiger partial charge in [0.2, 0.25) is 5.91 Å². The van der Waals surface area contributed by atoms with Crippen LogP contribution in [0.5, 0.6) is 11.5 Å². The number of rotatable bonds is 4. The van der Waals surface area contributed by atoms with Gasteiger partial charge in [-0.15, -0.1) is 0 Å². The number of ether oxygens (including phenoxy) is 2. The number of halogens is 1. The molecule has 0 bridgehead atoms. The highest BCUT2D eigenvalue weighted by atomic mass is 35.5. The number of likely N-dealkylation sites (tertiary alicyclic amines) is 1. The topological polar surface area (TPSA) is 55.8 Å². The molecule has 2 aromatic rings. The predicted molar refractivity (Wildman–Crippen MR) is 113 cm³/mol. The fourth-order valence-electron chi connectivity index (χ4n) is 4.62. The van der Waals surface area contributed by atoms with Crippen LogP contribution >= 0.6 is 11.6 Å². The molecule has 1 amide bonds. The summed E-state index contributed by atoms with van der Waals surface area (Å²) in [5.41, 5.74) is 1.73. The number of piperidine rings is 1. The Hall–Kier alpha value is -2.53. The molecule has 3 aliphatic rings. The lowest BCUT2D eigenvalue weighted by Gasteiger charge is -2.31. The highest BCUT2D eigenvalue weighted by Crippen LogP contribution is 2.50. The van der Waals surface area contributed by atoms with Crippen LogP contribution in [-0.2, 0) is 4.79 Å². The summed E-state index contributed by atoms with van der Waals surface area (Å²) < 4.78 is 11.1. The second-order valence-electron chi connectivity index (χ2n) is 8.29. The van der Waals surface area contributed by atoms with Crippen LogP contribution in [0.4, 0.5) is 0 Å². The van der Waals surface area contributed by atoms with E-state index in [0.29, 0.717) is 56.2 Å². The molecule has 5 rings (SSSR count). The maximum absolute atomic E-state index is 13.0. The Morgan fingerprint density at radius 3 is 2.47 bits per heavy atom. The minimum Gasteiger partial charge on any atom is -0.486 e. The molecule has 2 atom stereocenters. The van der Waals surface area contributed by atoms with Gasteiger partial charge in [-0.2, -0.15) is 0 Å². The van der Waals surface area contributed by atoms with E-state index in [9.17, 15) is 9.59 Å². The number of amides is 1. The SMILES string of the molecule is O=C(c1ccc2c(c1)OCCO2)C1CCN(C(=O)C2CC2c2ccccc2Cl)CC1. The first-order chi connectivity index (χ1) is 14.6. The van der Waals surface area contributed by atoms with Gasteiger partial charge in [0.1, 0.15) is 13.2 Å². The van der Waals surface area contributed by atoms with Crippen molar-refractivity contribution in [3.8, 4) is 11.5 Å². The first kappa shape index (κ1) is 19.4. The molecule has 0 radical (unpaired) electrons. The third-order valence-corrected chi connectivity index (χ3v) is 6.76. The average Bonchev–Trinajstić information content (AvgIpc) is 3.59. The van der Waals surface area contributed by atoms with Crippen LogP contribution in [0.2, 0.25) is 5.02 Å². The Bertz CT molecular complexity index is 983. The molecular formula is C24H24ClNO4. The van der Waals surface area contributed by atoms with Crippen LogP contribution in [-0.4, -0.2) is 42.9 Å². The molecule has 5 nitrogen and oxygen atoms in total. The minimum atomic E-state index is -0.0600. The summed E-state index contributed by atoms with van der Waals surface area (Å²) in [7, 11) is 0. The van der Waals surface area contributed by atoms with Crippen LogP contribution in [0.3, 0.4) is 0 Å². The van der Waals surface area contributed by atoms with E-state index in [1.807, 2.05) is 41.3 Å². The molecule has 156 valence electrons. The number of hydrogen-bond donors (Lipinski definition) is 0. The molecule has 2 aromatic carbocycles. The van der Waals surface area contributed by atoms with Crippen molar-refractivity contribution >= 4 is 23.3 Å². The second kappa shape index (κ2) is 7.95. The van der Waals surface area contributed by atoms with Crippen molar-refractivity contribution in [3.05, 3.63) is 58.6 Å². The van der Waals surface area contributed by atoms with E-state index in [2.05, 4.69) is 0 Å². The van der Waals surface area contributed by atoms with Gasteiger partial charge in [0.15, 0.2) is 17.3 Å². The van der Waals surface area contributed by atoms with E-state index in [4.69, 9.17) is 21.1 Å². The Morgan fingerprint density at radius 2 is 1.70 bits per heavy atom. The third-order valence-electron chi connectivity index (χ3n) is 6.42. The lowest BCUT2D eigenvalue weighted by molar-refractivity contribution is -0.133. The lowest BCUT2D eigenvalue weighted by Crippen LogP contribution is -2.41. The van der Waals surface area contributed by atoms with E-state index in [1.54, 1.807) is 6.07 Å². The monoisotopic (exact) mass is 425 g/mol. The number of benzene rings is 2. The number of hydrogen-bond acceptors (Lipinski definition) is 4. The standard InChI is InChI=1S/C24H24ClNO4/c25-20-4-2-1-3-17(20)18-14-19(18)24(28)26-9-7-15(8-10-26)23(27)16-5-6-21-22(13-16)30-12-11-29-21/h1-6,13,15,18-19H,7-12,14H2. The lowest BCUT2D eigenvalue weighted by atomic mass is 9.88. The quantitative estimate of drug-likeness (QED) is 0.684. The predicted octanol–water partition coefficient (Wildman–Crippen LogP) is 4.34. The van der Waals surface area contributed by atoms with Gasteiger partial charge in [0.05, 0.1) is 0 Å².